The summed E-state index contributed by atoms with van der Waals surface area (Å²) in [5.41, 5.74) is 5.67. The number of carbonyl (C=O) groups excluding carboxylic acids is 1. The highest BCUT2D eigenvalue weighted by Gasteiger charge is 2.07. The highest BCUT2D eigenvalue weighted by Crippen LogP contribution is 2.24. The molecule has 2 rings (SSSR count). The number of aliphatic hydroxyl groups excluding tert-OH is 1. The predicted molar refractivity (Wildman–Crippen MR) is 92.3 cm³/mol. The first-order valence-corrected chi connectivity index (χ1v) is 7.73. The Labute approximate surface area is 137 Å². The number of aliphatic hydroxyl groups is 1. The zero-order chi connectivity index (χ0) is 16.7. The van der Waals surface area contributed by atoms with E-state index in [1.807, 2.05) is 6.07 Å². The van der Waals surface area contributed by atoms with E-state index < -0.39 is 5.97 Å². The minimum absolute atomic E-state index is 0.101. The van der Waals surface area contributed by atoms with Gasteiger partial charge in [-0.1, -0.05) is 54.6 Å². The monoisotopic (exact) mass is 310 g/mol. The third kappa shape index (κ3) is 4.80. The lowest BCUT2D eigenvalue weighted by atomic mass is 9.96. The molecule has 0 aliphatic heterocycles. The largest absolute Gasteiger partial charge is 0.462 e. The molecule has 0 saturated heterocycles. The number of esters is 1. The van der Waals surface area contributed by atoms with Crippen LogP contribution in [0.5, 0.6) is 0 Å². The molecule has 0 heterocycles. The van der Waals surface area contributed by atoms with Gasteiger partial charge < -0.3 is 9.84 Å². The molecule has 0 bridgehead atoms. The van der Waals surface area contributed by atoms with Gasteiger partial charge in [0.2, 0.25) is 0 Å². The van der Waals surface area contributed by atoms with Crippen molar-refractivity contribution >= 4 is 5.97 Å². The molecule has 0 aliphatic carbocycles. The summed E-state index contributed by atoms with van der Waals surface area (Å²) < 4.78 is 5.07. The highest BCUT2D eigenvalue weighted by molar-refractivity contribution is 5.81. The minimum atomic E-state index is -0.414. The molecular formula is C20H22O3. The first-order chi connectivity index (χ1) is 11.1. The van der Waals surface area contributed by atoms with E-state index in [1.165, 1.54) is 5.56 Å². The van der Waals surface area contributed by atoms with E-state index >= 15 is 0 Å². The first-order valence-electron chi connectivity index (χ1n) is 7.73. The maximum absolute atomic E-state index is 11.2. The maximum atomic E-state index is 11.2. The SMILES string of the molecule is C=CC(=O)OCCc1cc(-c2ccc(C)cc2)ccc1CCO. The quantitative estimate of drug-likeness (QED) is 0.629. The topological polar surface area (TPSA) is 46.5 Å². The molecule has 0 radical (unpaired) electrons. The molecule has 3 nitrogen and oxygen atoms in total. The third-order valence-corrected chi connectivity index (χ3v) is 3.75. The van der Waals surface area contributed by atoms with E-state index in [0.29, 0.717) is 19.4 Å². The van der Waals surface area contributed by atoms with Crippen LogP contribution in [0.2, 0.25) is 0 Å². The van der Waals surface area contributed by atoms with Gasteiger partial charge in [0.05, 0.1) is 6.61 Å². The number of aryl methyl sites for hydroxylation is 1. The Kier molecular flexibility index (Phi) is 6.12. The molecular weight excluding hydrogens is 288 g/mol. The molecule has 1 N–H and O–H groups in total. The van der Waals surface area contributed by atoms with Crippen LogP contribution in [-0.2, 0) is 22.4 Å². The summed E-state index contributed by atoms with van der Waals surface area (Å²) in [5, 5.41) is 9.21. The molecule has 2 aromatic rings. The van der Waals surface area contributed by atoms with Crippen molar-refractivity contribution in [2.45, 2.75) is 19.8 Å². The van der Waals surface area contributed by atoms with Crippen molar-refractivity contribution in [3.8, 4) is 11.1 Å². The number of benzene rings is 2. The summed E-state index contributed by atoms with van der Waals surface area (Å²) in [6.07, 6.45) is 2.38. The molecule has 0 fully saturated rings. The average Bonchev–Trinajstić information content (AvgIpc) is 2.57. The average molecular weight is 310 g/mol. The van der Waals surface area contributed by atoms with Gasteiger partial charge in [-0.05, 0) is 35.6 Å². The van der Waals surface area contributed by atoms with Crippen LogP contribution in [0.15, 0.2) is 55.1 Å². The maximum Gasteiger partial charge on any atom is 0.330 e. The fourth-order valence-corrected chi connectivity index (χ4v) is 2.47. The summed E-state index contributed by atoms with van der Waals surface area (Å²) >= 11 is 0. The van der Waals surface area contributed by atoms with Gasteiger partial charge >= 0.3 is 5.97 Å². The molecule has 0 aliphatic rings. The van der Waals surface area contributed by atoms with Gasteiger partial charge in [-0.2, -0.15) is 0 Å². The van der Waals surface area contributed by atoms with Crippen LogP contribution in [0, 0.1) is 6.92 Å². The summed E-state index contributed by atoms with van der Waals surface area (Å²) in [6.45, 7) is 5.86. The van der Waals surface area contributed by atoms with Gasteiger partial charge in [0.25, 0.3) is 0 Å². The Balaban J connectivity index is 2.22. The lowest BCUT2D eigenvalue weighted by Crippen LogP contribution is -2.07. The van der Waals surface area contributed by atoms with Crippen LogP contribution >= 0.6 is 0 Å². The van der Waals surface area contributed by atoms with Crippen LogP contribution in [0.1, 0.15) is 16.7 Å². The number of rotatable bonds is 7. The van der Waals surface area contributed by atoms with Crippen molar-refractivity contribution in [1.82, 2.24) is 0 Å². The fourth-order valence-electron chi connectivity index (χ4n) is 2.47. The van der Waals surface area contributed by atoms with Gasteiger partial charge in [0.1, 0.15) is 0 Å². The van der Waals surface area contributed by atoms with E-state index in [1.54, 1.807) is 0 Å². The number of hydrogen-bond acceptors (Lipinski definition) is 3. The molecule has 0 atom stereocenters. The predicted octanol–water partition coefficient (Wildman–Crippen LogP) is 3.47. The van der Waals surface area contributed by atoms with Gasteiger partial charge in [0.15, 0.2) is 0 Å². The fraction of sp³-hybridized carbons (Fsp3) is 0.250. The summed E-state index contributed by atoms with van der Waals surface area (Å²) in [4.78, 5) is 11.2. The van der Waals surface area contributed by atoms with Crippen molar-refractivity contribution in [1.29, 1.82) is 0 Å². The van der Waals surface area contributed by atoms with Crippen LogP contribution in [-0.4, -0.2) is 24.3 Å². The second kappa shape index (κ2) is 8.30. The molecule has 0 unspecified atom stereocenters. The lowest BCUT2D eigenvalue weighted by molar-refractivity contribution is -0.137. The summed E-state index contributed by atoms with van der Waals surface area (Å²) in [5.74, 6) is -0.414. The lowest BCUT2D eigenvalue weighted by Gasteiger charge is -2.12. The Morgan fingerprint density at radius 2 is 1.78 bits per heavy atom. The van der Waals surface area contributed by atoms with Crippen molar-refractivity contribution < 1.29 is 14.6 Å². The van der Waals surface area contributed by atoms with E-state index in [0.717, 1.165) is 28.3 Å². The molecule has 23 heavy (non-hydrogen) atoms. The minimum Gasteiger partial charge on any atom is -0.462 e. The third-order valence-electron chi connectivity index (χ3n) is 3.75. The van der Waals surface area contributed by atoms with Crippen LogP contribution < -0.4 is 0 Å². The van der Waals surface area contributed by atoms with Gasteiger partial charge in [0, 0.05) is 19.1 Å². The Hall–Kier alpha value is -2.39. The van der Waals surface area contributed by atoms with Gasteiger partial charge in [-0.25, -0.2) is 4.79 Å². The number of carbonyl (C=O) groups is 1. The van der Waals surface area contributed by atoms with Crippen molar-refractivity contribution in [3.63, 3.8) is 0 Å². The zero-order valence-corrected chi connectivity index (χ0v) is 13.4. The standard InChI is InChI=1S/C20H22O3/c1-3-20(22)23-13-11-19-14-18(9-8-17(19)10-12-21)16-6-4-15(2)5-7-16/h3-9,14,21H,1,10-13H2,2H3. The number of ether oxygens (including phenoxy) is 1. The van der Waals surface area contributed by atoms with Gasteiger partial charge in [-0.15, -0.1) is 0 Å². The summed E-state index contributed by atoms with van der Waals surface area (Å²) in [7, 11) is 0. The molecule has 120 valence electrons. The number of hydrogen-bond donors (Lipinski definition) is 1. The van der Waals surface area contributed by atoms with E-state index in [4.69, 9.17) is 4.74 Å². The van der Waals surface area contributed by atoms with E-state index in [-0.39, 0.29) is 6.61 Å². The molecule has 2 aromatic carbocycles. The smallest absolute Gasteiger partial charge is 0.330 e. The first kappa shape index (κ1) is 17.0. The normalized spacial score (nSPS) is 10.3. The van der Waals surface area contributed by atoms with Gasteiger partial charge in [-0.3, -0.25) is 0 Å². The van der Waals surface area contributed by atoms with Crippen molar-refractivity contribution in [2.75, 3.05) is 13.2 Å². The highest BCUT2D eigenvalue weighted by atomic mass is 16.5. The van der Waals surface area contributed by atoms with Crippen LogP contribution in [0.3, 0.4) is 0 Å². The Morgan fingerprint density at radius 1 is 1.09 bits per heavy atom. The van der Waals surface area contributed by atoms with Crippen molar-refractivity contribution in [2.24, 2.45) is 0 Å². The second-order valence-electron chi connectivity index (χ2n) is 5.44. The zero-order valence-electron chi connectivity index (χ0n) is 13.4. The molecule has 0 spiro atoms. The summed E-state index contributed by atoms with van der Waals surface area (Å²) in [6, 6.07) is 14.6. The molecule has 0 saturated carbocycles. The second-order valence-corrected chi connectivity index (χ2v) is 5.44. The molecule has 3 heteroatoms. The molecule has 0 aromatic heterocycles. The van der Waals surface area contributed by atoms with E-state index in [2.05, 4.69) is 49.9 Å². The Bertz CT molecular complexity index is 672. The molecule has 0 amide bonds. The van der Waals surface area contributed by atoms with Crippen molar-refractivity contribution in [3.05, 3.63) is 71.8 Å². The van der Waals surface area contributed by atoms with Crippen LogP contribution in [0.4, 0.5) is 0 Å². The van der Waals surface area contributed by atoms with E-state index in [9.17, 15) is 9.90 Å². The van der Waals surface area contributed by atoms with Crippen LogP contribution in [0.25, 0.3) is 11.1 Å². The Morgan fingerprint density at radius 3 is 2.43 bits per heavy atom.